The van der Waals surface area contributed by atoms with Crippen molar-refractivity contribution in [3.8, 4) is 11.5 Å². The highest BCUT2D eigenvalue weighted by Gasteiger charge is 2.57. The Bertz CT molecular complexity index is 830. The molecule has 1 saturated carbocycles. The number of rotatable bonds is 7. The van der Waals surface area contributed by atoms with Gasteiger partial charge in [-0.3, -0.25) is 4.79 Å². The van der Waals surface area contributed by atoms with Crippen molar-refractivity contribution < 1.29 is 14.3 Å². The van der Waals surface area contributed by atoms with Gasteiger partial charge in [0.05, 0.1) is 15.2 Å². The SMILES string of the molecule is C.COc1ccccc1CC1(C)CC1[Si](C)(C)Cc1ccccc1OC(C)=O. The molecule has 2 unspecified atom stereocenters. The summed E-state index contributed by atoms with van der Waals surface area (Å²) in [7, 11) is 0.204. The number of hydrogen-bond donors (Lipinski definition) is 0. The van der Waals surface area contributed by atoms with Crippen LogP contribution >= 0.6 is 0 Å². The van der Waals surface area contributed by atoms with Crippen molar-refractivity contribution in [2.45, 2.75) is 58.8 Å². The number of ether oxygens (including phenoxy) is 2. The summed E-state index contributed by atoms with van der Waals surface area (Å²) in [4.78, 5) is 11.4. The van der Waals surface area contributed by atoms with Crippen LogP contribution in [0, 0.1) is 5.41 Å². The largest absolute Gasteiger partial charge is 0.496 e. The van der Waals surface area contributed by atoms with Gasteiger partial charge in [0, 0.05) is 6.92 Å². The molecule has 28 heavy (non-hydrogen) atoms. The lowest BCUT2D eigenvalue weighted by molar-refractivity contribution is -0.131. The minimum atomic E-state index is -1.54. The summed E-state index contributed by atoms with van der Waals surface area (Å²) in [5.41, 5.74) is 3.55. The van der Waals surface area contributed by atoms with E-state index in [1.807, 2.05) is 30.3 Å². The Morgan fingerprint density at radius 1 is 1.07 bits per heavy atom. The molecule has 0 bridgehead atoms. The number of hydrogen-bond acceptors (Lipinski definition) is 3. The summed E-state index contributed by atoms with van der Waals surface area (Å²) in [5, 5.41) is 0. The van der Waals surface area contributed by atoms with E-state index in [1.165, 1.54) is 18.9 Å². The molecule has 0 spiro atoms. The van der Waals surface area contributed by atoms with Crippen LogP contribution in [0.1, 0.15) is 38.8 Å². The molecule has 3 nitrogen and oxygen atoms in total. The summed E-state index contributed by atoms with van der Waals surface area (Å²) < 4.78 is 11.0. The molecule has 3 rings (SSSR count). The van der Waals surface area contributed by atoms with E-state index in [9.17, 15) is 4.79 Å². The molecule has 0 saturated heterocycles. The van der Waals surface area contributed by atoms with Gasteiger partial charge in [-0.25, -0.2) is 0 Å². The molecule has 0 aliphatic heterocycles. The molecule has 0 amide bonds. The molecule has 0 aromatic heterocycles. The number of carbonyl (C=O) groups excluding carboxylic acids is 1. The fraction of sp³-hybridized carbons (Fsp3) is 0.458. The van der Waals surface area contributed by atoms with Crippen LogP contribution in [0.2, 0.25) is 18.6 Å². The Morgan fingerprint density at radius 2 is 1.64 bits per heavy atom. The number of methoxy groups -OCH3 is 1. The molecule has 1 fully saturated rings. The average Bonchev–Trinajstić information content (AvgIpc) is 3.29. The maximum atomic E-state index is 11.4. The van der Waals surface area contributed by atoms with Gasteiger partial charge in [-0.2, -0.15) is 0 Å². The van der Waals surface area contributed by atoms with Crippen molar-refractivity contribution in [1.29, 1.82) is 0 Å². The zero-order valence-corrected chi connectivity index (χ0v) is 18.0. The second-order valence-electron chi connectivity index (χ2n) is 8.77. The van der Waals surface area contributed by atoms with Crippen LogP contribution < -0.4 is 9.47 Å². The maximum Gasteiger partial charge on any atom is 0.308 e. The fourth-order valence-corrected chi connectivity index (χ4v) is 9.15. The van der Waals surface area contributed by atoms with Crippen molar-refractivity contribution in [1.82, 2.24) is 0 Å². The van der Waals surface area contributed by atoms with E-state index in [0.717, 1.165) is 35.1 Å². The first-order valence-corrected chi connectivity index (χ1v) is 12.9. The molecule has 0 N–H and O–H groups in total. The van der Waals surface area contributed by atoms with E-state index < -0.39 is 8.07 Å². The fourth-order valence-electron chi connectivity index (χ4n) is 4.62. The summed E-state index contributed by atoms with van der Waals surface area (Å²) in [6, 6.07) is 17.4. The molecular weight excluding hydrogens is 364 g/mol. The predicted octanol–water partition coefficient (Wildman–Crippen LogP) is 6.07. The topological polar surface area (TPSA) is 35.5 Å². The van der Waals surface area contributed by atoms with Crippen LogP contribution in [-0.4, -0.2) is 21.2 Å². The number of benzene rings is 2. The molecule has 1 aliphatic rings. The van der Waals surface area contributed by atoms with E-state index in [-0.39, 0.29) is 13.4 Å². The highest BCUT2D eigenvalue weighted by atomic mass is 28.3. The van der Waals surface area contributed by atoms with Gasteiger partial charge in [-0.05, 0) is 53.1 Å². The lowest BCUT2D eigenvalue weighted by Crippen LogP contribution is -2.32. The third-order valence-electron chi connectivity index (χ3n) is 5.95. The third kappa shape index (κ3) is 4.85. The van der Waals surface area contributed by atoms with Crippen LogP contribution in [-0.2, 0) is 17.3 Å². The zero-order valence-electron chi connectivity index (χ0n) is 17.0. The van der Waals surface area contributed by atoms with Gasteiger partial charge in [0.1, 0.15) is 11.5 Å². The minimum absolute atomic E-state index is 0. The summed E-state index contributed by atoms with van der Waals surface area (Å²) in [5.74, 6) is 1.45. The van der Waals surface area contributed by atoms with Crippen LogP contribution in [0.25, 0.3) is 0 Å². The zero-order chi connectivity index (χ0) is 19.7. The Kier molecular flexibility index (Phi) is 6.76. The van der Waals surface area contributed by atoms with Crippen LogP contribution in [0.5, 0.6) is 11.5 Å². The standard InChI is InChI=1S/C23H30O3Si.CH4/c1-17(24)26-21-13-9-7-11-19(21)16-27(4,5)22-15-23(22,2)14-18-10-6-8-12-20(18)25-3;/h6-13,22H,14-16H2,1-5H3;1H4. The van der Waals surface area contributed by atoms with Gasteiger partial charge in [-0.15, -0.1) is 0 Å². The van der Waals surface area contributed by atoms with Crippen molar-refractivity contribution in [3.05, 3.63) is 59.7 Å². The smallest absolute Gasteiger partial charge is 0.308 e. The molecule has 1 aliphatic carbocycles. The molecule has 0 radical (unpaired) electrons. The predicted molar refractivity (Wildman–Crippen MR) is 119 cm³/mol. The first kappa shape index (κ1) is 22.2. The first-order chi connectivity index (χ1) is 12.7. The molecular formula is C24H34O3Si. The van der Waals surface area contributed by atoms with Gasteiger partial charge in [0.2, 0.25) is 0 Å². The van der Waals surface area contributed by atoms with Gasteiger partial charge >= 0.3 is 5.97 Å². The number of carbonyl (C=O) groups is 1. The summed E-state index contributed by atoms with van der Waals surface area (Å²) in [6.45, 7) is 8.81. The van der Waals surface area contributed by atoms with E-state index >= 15 is 0 Å². The van der Waals surface area contributed by atoms with Crippen LogP contribution in [0.3, 0.4) is 0 Å². The third-order valence-corrected chi connectivity index (χ3v) is 10.0. The molecule has 152 valence electrons. The van der Waals surface area contributed by atoms with E-state index in [2.05, 4.69) is 38.2 Å². The minimum Gasteiger partial charge on any atom is -0.496 e. The van der Waals surface area contributed by atoms with Crippen LogP contribution in [0.4, 0.5) is 0 Å². The lowest BCUT2D eigenvalue weighted by Gasteiger charge is -2.27. The van der Waals surface area contributed by atoms with Crippen LogP contribution in [0.15, 0.2) is 48.5 Å². The Labute approximate surface area is 171 Å². The number of esters is 1. The van der Waals surface area contributed by atoms with Crippen molar-refractivity contribution >= 4 is 14.0 Å². The van der Waals surface area contributed by atoms with Gasteiger partial charge in [-0.1, -0.05) is 63.8 Å². The lowest BCUT2D eigenvalue weighted by atomic mass is 9.98. The summed E-state index contributed by atoms with van der Waals surface area (Å²) in [6.07, 6.45) is 2.32. The monoisotopic (exact) mass is 398 g/mol. The highest BCUT2D eigenvalue weighted by Crippen LogP contribution is 2.65. The molecule has 2 atom stereocenters. The second-order valence-corrected chi connectivity index (χ2v) is 13.8. The molecule has 2 aromatic rings. The van der Waals surface area contributed by atoms with Crippen molar-refractivity contribution in [3.63, 3.8) is 0 Å². The Morgan fingerprint density at radius 3 is 2.25 bits per heavy atom. The van der Waals surface area contributed by atoms with Gasteiger partial charge in [0.25, 0.3) is 0 Å². The Hall–Kier alpha value is -2.07. The molecule has 0 heterocycles. The first-order valence-electron chi connectivity index (χ1n) is 9.63. The van der Waals surface area contributed by atoms with Crippen molar-refractivity contribution in [2.75, 3.05) is 7.11 Å². The molecule has 2 aromatic carbocycles. The van der Waals surface area contributed by atoms with E-state index in [4.69, 9.17) is 9.47 Å². The number of para-hydroxylation sites is 2. The van der Waals surface area contributed by atoms with Gasteiger partial charge < -0.3 is 9.47 Å². The second kappa shape index (κ2) is 8.52. The quantitative estimate of drug-likeness (QED) is 0.322. The summed E-state index contributed by atoms with van der Waals surface area (Å²) >= 11 is 0. The normalized spacial score (nSPS) is 20.8. The van der Waals surface area contributed by atoms with Crippen molar-refractivity contribution in [2.24, 2.45) is 5.41 Å². The van der Waals surface area contributed by atoms with E-state index in [1.54, 1.807) is 7.11 Å². The highest BCUT2D eigenvalue weighted by molar-refractivity contribution is 6.79. The van der Waals surface area contributed by atoms with Gasteiger partial charge in [0.15, 0.2) is 0 Å². The average molecular weight is 399 g/mol. The molecule has 4 heteroatoms. The Balaban J connectivity index is 0.00000280. The van der Waals surface area contributed by atoms with E-state index in [0.29, 0.717) is 5.41 Å². The maximum absolute atomic E-state index is 11.4.